The number of morpholine rings is 1. The molecule has 2 heterocycles. The van der Waals surface area contributed by atoms with Crippen molar-refractivity contribution in [1.82, 2.24) is 20.0 Å². The van der Waals surface area contributed by atoms with Crippen molar-refractivity contribution in [3.63, 3.8) is 0 Å². The molecular formula is C20H29N5O2. The molecule has 1 aromatic heterocycles. The van der Waals surface area contributed by atoms with Crippen LogP contribution in [-0.4, -0.2) is 60.5 Å². The standard InChI is InChI=1S/C20H29N5O2/c1-4-21-20(22-10-9-16-7-5-6-8-18(16)26-3)25-11-12-27-19(15-25)17-13-23-24(2)14-17/h5-8,13-14,19H,4,9-12,15H2,1-3H3,(H,21,22). The molecule has 0 amide bonds. The van der Waals surface area contributed by atoms with E-state index >= 15 is 0 Å². The molecule has 0 saturated carbocycles. The van der Waals surface area contributed by atoms with Crippen LogP contribution in [0.4, 0.5) is 0 Å². The summed E-state index contributed by atoms with van der Waals surface area (Å²) in [6, 6.07) is 8.11. The van der Waals surface area contributed by atoms with Crippen LogP contribution in [0.15, 0.2) is 41.7 Å². The number of nitrogens with zero attached hydrogens (tertiary/aromatic N) is 4. The van der Waals surface area contributed by atoms with Gasteiger partial charge >= 0.3 is 0 Å². The lowest BCUT2D eigenvalue weighted by atomic mass is 10.1. The molecule has 1 atom stereocenters. The van der Waals surface area contributed by atoms with Gasteiger partial charge in [-0.05, 0) is 25.0 Å². The van der Waals surface area contributed by atoms with Crippen LogP contribution in [-0.2, 0) is 18.2 Å². The van der Waals surface area contributed by atoms with Crippen molar-refractivity contribution in [2.24, 2.45) is 12.0 Å². The summed E-state index contributed by atoms with van der Waals surface area (Å²) in [6.45, 7) is 5.91. The lowest BCUT2D eigenvalue weighted by Crippen LogP contribution is -2.48. The van der Waals surface area contributed by atoms with E-state index in [2.05, 4.69) is 28.3 Å². The third-order valence-electron chi connectivity index (χ3n) is 4.63. The predicted octanol–water partition coefficient (Wildman–Crippen LogP) is 2.01. The molecule has 2 aromatic rings. The second kappa shape index (κ2) is 9.41. The maximum atomic E-state index is 5.95. The third kappa shape index (κ3) is 5.01. The number of hydrogen-bond acceptors (Lipinski definition) is 4. The summed E-state index contributed by atoms with van der Waals surface area (Å²) >= 11 is 0. The van der Waals surface area contributed by atoms with Crippen LogP contribution in [0.2, 0.25) is 0 Å². The average molecular weight is 371 g/mol. The number of benzene rings is 1. The summed E-state index contributed by atoms with van der Waals surface area (Å²) in [7, 11) is 3.63. The molecule has 27 heavy (non-hydrogen) atoms. The first-order valence-electron chi connectivity index (χ1n) is 9.46. The Morgan fingerprint density at radius 3 is 3.00 bits per heavy atom. The molecule has 1 fully saturated rings. The number of guanidine groups is 1. The minimum Gasteiger partial charge on any atom is -0.496 e. The van der Waals surface area contributed by atoms with Crippen molar-refractivity contribution in [3.05, 3.63) is 47.8 Å². The molecule has 0 aliphatic carbocycles. The Hall–Kier alpha value is -2.54. The van der Waals surface area contributed by atoms with Crippen LogP contribution in [0.3, 0.4) is 0 Å². The fourth-order valence-corrected chi connectivity index (χ4v) is 3.27. The number of hydrogen-bond donors (Lipinski definition) is 1. The largest absolute Gasteiger partial charge is 0.496 e. The van der Waals surface area contributed by atoms with Crippen molar-refractivity contribution in [2.75, 3.05) is 39.9 Å². The van der Waals surface area contributed by atoms with Gasteiger partial charge in [-0.2, -0.15) is 5.10 Å². The van der Waals surface area contributed by atoms with Crippen LogP contribution in [0.25, 0.3) is 0 Å². The molecule has 1 aliphatic heterocycles. The highest BCUT2D eigenvalue weighted by Crippen LogP contribution is 2.22. The minimum atomic E-state index is 0.0190. The van der Waals surface area contributed by atoms with Crippen molar-refractivity contribution < 1.29 is 9.47 Å². The van der Waals surface area contributed by atoms with Gasteiger partial charge in [-0.15, -0.1) is 0 Å². The van der Waals surface area contributed by atoms with Gasteiger partial charge in [0.05, 0.1) is 26.5 Å². The number of aliphatic imine (C=N–C) groups is 1. The third-order valence-corrected chi connectivity index (χ3v) is 4.63. The van der Waals surface area contributed by atoms with E-state index in [1.165, 1.54) is 5.56 Å². The van der Waals surface area contributed by atoms with Crippen molar-refractivity contribution in [3.8, 4) is 5.75 Å². The molecule has 0 radical (unpaired) electrons. The van der Waals surface area contributed by atoms with Crippen molar-refractivity contribution >= 4 is 5.96 Å². The van der Waals surface area contributed by atoms with E-state index in [-0.39, 0.29) is 6.10 Å². The fraction of sp³-hybridized carbons (Fsp3) is 0.500. The first kappa shape index (κ1) is 19.2. The Morgan fingerprint density at radius 1 is 1.41 bits per heavy atom. The first-order valence-corrected chi connectivity index (χ1v) is 9.46. The summed E-state index contributed by atoms with van der Waals surface area (Å²) in [4.78, 5) is 7.11. The van der Waals surface area contributed by atoms with Gasteiger partial charge in [0.2, 0.25) is 0 Å². The number of rotatable bonds is 6. The van der Waals surface area contributed by atoms with Gasteiger partial charge in [0.15, 0.2) is 5.96 Å². The minimum absolute atomic E-state index is 0.0190. The molecular weight excluding hydrogens is 342 g/mol. The van der Waals surface area contributed by atoms with Crippen LogP contribution < -0.4 is 10.1 Å². The molecule has 1 aliphatic rings. The van der Waals surface area contributed by atoms with Gasteiger partial charge in [0.25, 0.3) is 0 Å². The van der Waals surface area contributed by atoms with Crippen LogP contribution >= 0.6 is 0 Å². The molecule has 146 valence electrons. The highest BCUT2D eigenvalue weighted by atomic mass is 16.5. The molecule has 0 spiro atoms. The number of methoxy groups -OCH3 is 1. The summed E-state index contributed by atoms with van der Waals surface area (Å²) in [5, 5.41) is 7.67. The van der Waals surface area contributed by atoms with Crippen LogP contribution in [0, 0.1) is 0 Å². The zero-order valence-corrected chi connectivity index (χ0v) is 16.4. The van der Waals surface area contributed by atoms with E-state index < -0.39 is 0 Å². The van der Waals surface area contributed by atoms with E-state index in [9.17, 15) is 0 Å². The van der Waals surface area contributed by atoms with Gasteiger partial charge in [-0.3, -0.25) is 9.67 Å². The maximum absolute atomic E-state index is 5.95. The average Bonchev–Trinajstić information content (AvgIpc) is 3.14. The van der Waals surface area contributed by atoms with E-state index in [1.807, 2.05) is 42.3 Å². The monoisotopic (exact) mass is 371 g/mol. The zero-order chi connectivity index (χ0) is 19.1. The lowest BCUT2D eigenvalue weighted by Gasteiger charge is -2.34. The predicted molar refractivity (Wildman–Crippen MR) is 106 cm³/mol. The first-order chi connectivity index (χ1) is 13.2. The molecule has 7 heteroatoms. The second-order valence-electron chi connectivity index (χ2n) is 6.55. The number of aromatic nitrogens is 2. The Kier molecular flexibility index (Phi) is 6.70. The van der Waals surface area contributed by atoms with Crippen molar-refractivity contribution in [1.29, 1.82) is 0 Å². The fourth-order valence-electron chi connectivity index (χ4n) is 3.27. The maximum Gasteiger partial charge on any atom is 0.194 e. The molecule has 1 N–H and O–H groups in total. The quantitative estimate of drug-likeness (QED) is 0.622. The highest BCUT2D eigenvalue weighted by molar-refractivity contribution is 5.80. The van der Waals surface area contributed by atoms with Crippen LogP contribution in [0.1, 0.15) is 24.2 Å². The Morgan fingerprint density at radius 2 is 2.26 bits per heavy atom. The zero-order valence-electron chi connectivity index (χ0n) is 16.4. The number of aryl methyl sites for hydroxylation is 1. The van der Waals surface area contributed by atoms with Gasteiger partial charge < -0.3 is 19.7 Å². The molecule has 1 aromatic carbocycles. The van der Waals surface area contributed by atoms with Gasteiger partial charge in [0.1, 0.15) is 11.9 Å². The molecule has 1 unspecified atom stereocenters. The van der Waals surface area contributed by atoms with Gasteiger partial charge in [-0.1, -0.05) is 18.2 Å². The van der Waals surface area contributed by atoms with E-state index in [0.29, 0.717) is 13.2 Å². The summed E-state index contributed by atoms with van der Waals surface area (Å²) in [6.07, 6.45) is 4.75. The molecule has 0 bridgehead atoms. The van der Waals surface area contributed by atoms with E-state index in [4.69, 9.17) is 14.5 Å². The number of ether oxygens (including phenoxy) is 2. The number of nitrogens with one attached hydrogen (secondary N) is 1. The Bertz CT molecular complexity index is 758. The van der Waals surface area contributed by atoms with Crippen molar-refractivity contribution in [2.45, 2.75) is 19.4 Å². The van der Waals surface area contributed by atoms with Crippen LogP contribution in [0.5, 0.6) is 5.75 Å². The number of para-hydroxylation sites is 1. The SMILES string of the molecule is CCNC(=NCCc1ccccc1OC)N1CCOC(c2cnn(C)c2)C1. The highest BCUT2D eigenvalue weighted by Gasteiger charge is 2.25. The lowest BCUT2D eigenvalue weighted by molar-refractivity contribution is -0.00803. The molecule has 1 saturated heterocycles. The normalized spacial score (nSPS) is 17.8. The smallest absolute Gasteiger partial charge is 0.194 e. The second-order valence-corrected chi connectivity index (χ2v) is 6.55. The summed E-state index contributed by atoms with van der Waals surface area (Å²) < 4.78 is 13.2. The summed E-state index contributed by atoms with van der Waals surface area (Å²) in [5.41, 5.74) is 2.28. The van der Waals surface area contributed by atoms with E-state index in [0.717, 1.165) is 43.3 Å². The van der Waals surface area contributed by atoms with Gasteiger partial charge in [0, 0.05) is 38.4 Å². The summed E-state index contributed by atoms with van der Waals surface area (Å²) in [5.74, 6) is 1.85. The Labute approximate surface area is 161 Å². The Balaban J connectivity index is 1.65. The van der Waals surface area contributed by atoms with E-state index in [1.54, 1.807) is 7.11 Å². The topological polar surface area (TPSA) is 63.9 Å². The molecule has 7 nitrogen and oxygen atoms in total. The van der Waals surface area contributed by atoms with Gasteiger partial charge in [-0.25, -0.2) is 0 Å². The molecule has 3 rings (SSSR count).